The number of amides is 1. The fourth-order valence-electron chi connectivity index (χ4n) is 1.77. The van der Waals surface area contributed by atoms with Gasteiger partial charge in [0.1, 0.15) is 6.54 Å². The molecule has 2 rings (SSSR count). The highest BCUT2D eigenvalue weighted by Crippen LogP contribution is 2.24. The van der Waals surface area contributed by atoms with E-state index in [1.54, 1.807) is 18.2 Å². The molecule has 0 fully saturated rings. The van der Waals surface area contributed by atoms with Crippen LogP contribution in [0.15, 0.2) is 48.5 Å². The van der Waals surface area contributed by atoms with Crippen LogP contribution in [0, 0.1) is 0 Å². The van der Waals surface area contributed by atoms with E-state index in [1.807, 2.05) is 35.6 Å². The second-order valence-electron chi connectivity index (χ2n) is 4.36. The molecule has 104 valence electrons. The predicted octanol–water partition coefficient (Wildman–Crippen LogP) is 2.70. The van der Waals surface area contributed by atoms with Crippen molar-refractivity contribution in [2.24, 2.45) is 0 Å². The van der Waals surface area contributed by atoms with Crippen molar-refractivity contribution in [2.75, 3.05) is 11.9 Å². The number of benzene rings is 2. The zero-order chi connectivity index (χ0) is 14.4. The van der Waals surface area contributed by atoms with Crippen LogP contribution in [-0.4, -0.2) is 12.5 Å². The molecule has 0 spiro atoms. The van der Waals surface area contributed by atoms with Crippen molar-refractivity contribution in [3.05, 3.63) is 64.1 Å². The van der Waals surface area contributed by atoms with E-state index in [9.17, 15) is 4.79 Å². The summed E-state index contributed by atoms with van der Waals surface area (Å²) in [6.07, 6.45) is 0. The van der Waals surface area contributed by atoms with Crippen molar-refractivity contribution in [3.63, 3.8) is 0 Å². The fraction of sp³-hybridized carbons (Fsp3) is 0.133. The number of quaternary nitrogens is 1. The quantitative estimate of drug-likeness (QED) is 0.876. The van der Waals surface area contributed by atoms with Crippen molar-refractivity contribution in [1.29, 1.82) is 0 Å². The Morgan fingerprint density at radius 1 is 1.05 bits per heavy atom. The van der Waals surface area contributed by atoms with Gasteiger partial charge in [-0.25, -0.2) is 0 Å². The van der Waals surface area contributed by atoms with Crippen LogP contribution in [0.3, 0.4) is 0 Å². The maximum atomic E-state index is 11.8. The van der Waals surface area contributed by atoms with Crippen LogP contribution >= 0.6 is 23.2 Å². The first-order valence-corrected chi connectivity index (χ1v) is 7.01. The van der Waals surface area contributed by atoms with Crippen LogP contribution in [0.2, 0.25) is 10.0 Å². The topological polar surface area (TPSA) is 45.7 Å². The van der Waals surface area contributed by atoms with Crippen molar-refractivity contribution in [3.8, 4) is 0 Å². The first-order chi connectivity index (χ1) is 9.65. The number of nitrogens with one attached hydrogen (secondary N) is 1. The van der Waals surface area contributed by atoms with E-state index < -0.39 is 0 Å². The lowest BCUT2D eigenvalue weighted by molar-refractivity contribution is -0.659. The molecule has 0 unspecified atom stereocenters. The number of hydrogen-bond acceptors (Lipinski definition) is 1. The van der Waals surface area contributed by atoms with Crippen LogP contribution < -0.4 is 10.6 Å². The highest BCUT2D eigenvalue weighted by Gasteiger charge is 2.06. The van der Waals surface area contributed by atoms with Gasteiger partial charge < -0.3 is 10.6 Å². The normalized spacial score (nSPS) is 10.3. The summed E-state index contributed by atoms with van der Waals surface area (Å²) in [5.41, 5.74) is 1.84. The summed E-state index contributed by atoms with van der Waals surface area (Å²) < 4.78 is 0. The molecule has 0 radical (unpaired) electrons. The average Bonchev–Trinajstić information content (AvgIpc) is 2.44. The zero-order valence-corrected chi connectivity index (χ0v) is 12.3. The van der Waals surface area contributed by atoms with E-state index in [0.717, 1.165) is 6.54 Å². The minimum absolute atomic E-state index is 0.0701. The van der Waals surface area contributed by atoms with E-state index >= 15 is 0 Å². The van der Waals surface area contributed by atoms with Crippen LogP contribution in [0.25, 0.3) is 0 Å². The number of hydrogen-bond donors (Lipinski definition) is 2. The molecule has 0 aliphatic carbocycles. The van der Waals surface area contributed by atoms with Gasteiger partial charge >= 0.3 is 0 Å². The largest absolute Gasteiger partial charge is 0.335 e. The minimum Gasteiger partial charge on any atom is -0.335 e. The van der Waals surface area contributed by atoms with Gasteiger partial charge in [-0.05, 0) is 18.2 Å². The number of carbonyl (C=O) groups is 1. The number of anilines is 1. The van der Waals surface area contributed by atoms with Gasteiger partial charge in [0.2, 0.25) is 0 Å². The first-order valence-electron chi connectivity index (χ1n) is 6.25. The molecule has 0 aliphatic rings. The van der Waals surface area contributed by atoms with Crippen molar-refractivity contribution < 1.29 is 10.1 Å². The fourth-order valence-corrected chi connectivity index (χ4v) is 2.07. The lowest BCUT2D eigenvalue weighted by atomic mass is 10.2. The van der Waals surface area contributed by atoms with Gasteiger partial charge in [0, 0.05) is 11.3 Å². The van der Waals surface area contributed by atoms with E-state index in [-0.39, 0.29) is 5.91 Å². The van der Waals surface area contributed by atoms with Gasteiger partial charge in [0.25, 0.3) is 5.91 Å². The maximum Gasteiger partial charge on any atom is 0.279 e. The Labute approximate surface area is 127 Å². The second-order valence-corrected chi connectivity index (χ2v) is 5.17. The van der Waals surface area contributed by atoms with Gasteiger partial charge in [-0.1, -0.05) is 53.5 Å². The van der Waals surface area contributed by atoms with Crippen LogP contribution in [-0.2, 0) is 11.3 Å². The second kappa shape index (κ2) is 7.29. The summed E-state index contributed by atoms with van der Waals surface area (Å²) in [6, 6.07) is 15.0. The Morgan fingerprint density at radius 3 is 2.50 bits per heavy atom. The molecule has 2 aromatic carbocycles. The average molecular weight is 310 g/mol. The summed E-state index contributed by atoms with van der Waals surface area (Å²) in [5.74, 6) is -0.0701. The molecular formula is C15H15Cl2N2O+. The molecule has 3 N–H and O–H groups in total. The molecule has 2 aromatic rings. The summed E-state index contributed by atoms with van der Waals surface area (Å²) in [5, 5.41) is 5.63. The standard InChI is InChI=1S/C15H14Cl2N2O/c16-13-7-6-12(8-14(13)17)19-15(20)10-18-9-11-4-2-1-3-5-11/h1-8,18H,9-10H2,(H,19,20)/p+1. The maximum absolute atomic E-state index is 11.8. The van der Waals surface area contributed by atoms with Crippen LogP contribution in [0.4, 0.5) is 5.69 Å². The molecule has 3 nitrogen and oxygen atoms in total. The van der Waals surface area contributed by atoms with E-state index in [0.29, 0.717) is 22.3 Å². The van der Waals surface area contributed by atoms with Crippen LogP contribution in [0.5, 0.6) is 0 Å². The van der Waals surface area contributed by atoms with Gasteiger partial charge in [0.15, 0.2) is 6.54 Å². The van der Waals surface area contributed by atoms with Gasteiger partial charge in [0.05, 0.1) is 10.0 Å². The van der Waals surface area contributed by atoms with Gasteiger partial charge in [-0.2, -0.15) is 0 Å². The smallest absolute Gasteiger partial charge is 0.279 e. The Morgan fingerprint density at radius 2 is 1.80 bits per heavy atom. The Kier molecular flexibility index (Phi) is 5.41. The summed E-state index contributed by atoms with van der Waals surface area (Å²) in [6.45, 7) is 1.13. The van der Waals surface area contributed by atoms with Crippen molar-refractivity contribution in [2.45, 2.75) is 6.54 Å². The summed E-state index contributed by atoms with van der Waals surface area (Å²) in [4.78, 5) is 11.8. The molecule has 0 aliphatic heterocycles. The molecule has 5 heteroatoms. The zero-order valence-electron chi connectivity index (χ0n) is 10.8. The summed E-state index contributed by atoms with van der Waals surface area (Å²) in [7, 11) is 0. The number of nitrogens with two attached hydrogens (primary N) is 1. The third-order valence-electron chi connectivity index (χ3n) is 2.76. The third-order valence-corrected chi connectivity index (χ3v) is 3.49. The molecule has 1 amide bonds. The Bertz CT molecular complexity index is 588. The Hall–Kier alpha value is -1.55. The highest BCUT2D eigenvalue weighted by molar-refractivity contribution is 6.42. The molecular weight excluding hydrogens is 295 g/mol. The minimum atomic E-state index is -0.0701. The SMILES string of the molecule is O=C(C[NH2+]Cc1ccccc1)Nc1ccc(Cl)c(Cl)c1. The molecule has 0 saturated carbocycles. The molecule has 0 heterocycles. The lowest BCUT2D eigenvalue weighted by Crippen LogP contribution is -2.84. The van der Waals surface area contributed by atoms with Gasteiger partial charge in [-0.3, -0.25) is 4.79 Å². The monoisotopic (exact) mass is 309 g/mol. The number of carbonyl (C=O) groups excluding carboxylic acids is 1. The third kappa shape index (κ3) is 4.53. The van der Waals surface area contributed by atoms with E-state index in [1.165, 1.54) is 5.56 Å². The van der Waals surface area contributed by atoms with E-state index in [2.05, 4.69) is 5.32 Å². The highest BCUT2D eigenvalue weighted by atomic mass is 35.5. The molecule has 0 atom stereocenters. The van der Waals surface area contributed by atoms with Crippen molar-refractivity contribution >= 4 is 34.8 Å². The molecule has 20 heavy (non-hydrogen) atoms. The van der Waals surface area contributed by atoms with Crippen LogP contribution in [0.1, 0.15) is 5.56 Å². The Balaban J connectivity index is 1.79. The molecule has 0 aromatic heterocycles. The number of halogens is 2. The molecule has 0 saturated heterocycles. The van der Waals surface area contributed by atoms with Crippen molar-refractivity contribution in [1.82, 2.24) is 0 Å². The predicted molar refractivity (Wildman–Crippen MR) is 82.0 cm³/mol. The number of rotatable bonds is 5. The molecule has 0 bridgehead atoms. The summed E-state index contributed by atoms with van der Waals surface area (Å²) >= 11 is 11.7. The van der Waals surface area contributed by atoms with Gasteiger partial charge in [-0.15, -0.1) is 0 Å². The van der Waals surface area contributed by atoms with E-state index in [4.69, 9.17) is 23.2 Å². The lowest BCUT2D eigenvalue weighted by Gasteiger charge is -2.06. The first kappa shape index (κ1) is 14.9.